The van der Waals surface area contributed by atoms with E-state index in [2.05, 4.69) is 12.2 Å². The Hall–Kier alpha value is -1.98. The number of hydrogen-bond acceptors (Lipinski definition) is 2. The monoisotopic (exact) mass is 337 g/mol. The van der Waals surface area contributed by atoms with Crippen LogP contribution in [0.5, 0.6) is 0 Å². The molecule has 6 heteroatoms. The first kappa shape index (κ1) is 16.9. The van der Waals surface area contributed by atoms with E-state index in [1.807, 2.05) is 0 Å². The minimum absolute atomic E-state index is 0.191. The molecule has 2 fully saturated rings. The highest BCUT2D eigenvalue weighted by Gasteiger charge is 2.50. The molecule has 2 aliphatic carbocycles. The van der Waals surface area contributed by atoms with E-state index in [1.54, 1.807) is 0 Å². The van der Waals surface area contributed by atoms with Gasteiger partial charge in [-0.25, -0.2) is 13.6 Å². The van der Waals surface area contributed by atoms with Crippen molar-refractivity contribution in [1.29, 1.82) is 0 Å². The number of carbonyl (C=O) groups excluding carboxylic acids is 1. The normalized spacial score (nSPS) is 32.2. The molecule has 0 bridgehead atoms. The van der Waals surface area contributed by atoms with Crippen molar-refractivity contribution in [3.8, 4) is 0 Å². The van der Waals surface area contributed by atoms with Crippen LogP contribution < -0.4 is 5.32 Å². The molecule has 0 radical (unpaired) electrons. The zero-order valence-corrected chi connectivity index (χ0v) is 13.5. The number of amides is 1. The lowest BCUT2D eigenvalue weighted by Gasteiger charge is -2.36. The van der Waals surface area contributed by atoms with Gasteiger partial charge in [0.25, 0.3) is 0 Å². The number of carboxylic acids is 1. The van der Waals surface area contributed by atoms with Crippen LogP contribution in [0.2, 0.25) is 0 Å². The van der Waals surface area contributed by atoms with Crippen LogP contribution in [-0.4, -0.2) is 22.5 Å². The van der Waals surface area contributed by atoms with Gasteiger partial charge in [0.05, 0.1) is 0 Å². The van der Waals surface area contributed by atoms with Gasteiger partial charge in [-0.1, -0.05) is 6.92 Å². The molecule has 2 aliphatic rings. The summed E-state index contributed by atoms with van der Waals surface area (Å²) in [5, 5.41) is 12.3. The Morgan fingerprint density at radius 1 is 1.25 bits per heavy atom. The Labute approximate surface area is 139 Å². The molecule has 0 aromatic heterocycles. The van der Waals surface area contributed by atoms with E-state index in [-0.39, 0.29) is 17.4 Å². The van der Waals surface area contributed by atoms with Gasteiger partial charge < -0.3 is 10.4 Å². The van der Waals surface area contributed by atoms with Crippen molar-refractivity contribution >= 4 is 11.9 Å². The summed E-state index contributed by atoms with van der Waals surface area (Å²) in [6.07, 6.45) is 2.72. The Morgan fingerprint density at radius 2 is 1.92 bits per heavy atom. The Balaban J connectivity index is 1.69. The molecule has 0 heterocycles. The molecule has 0 saturated heterocycles. The van der Waals surface area contributed by atoms with E-state index in [9.17, 15) is 23.5 Å². The van der Waals surface area contributed by atoms with Gasteiger partial charge in [-0.15, -0.1) is 0 Å². The minimum Gasteiger partial charge on any atom is -0.480 e. The molecule has 2 N–H and O–H groups in total. The van der Waals surface area contributed by atoms with E-state index in [0.717, 1.165) is 31.0 Å². The van der Waals surface area contributed by atoms with Crippen molar-refractivity contribution in [3.05, 3.63) is 35.4 Å². The fourth-order valence-corrected chi connectivity index (χ4v) is 3.60. The van der Waals surface area contributed by atoms with E-state index in [1.165, 1.54) is 0 Å². The summed E-state index contributed by atoms with van der Waals surface area (Å²) < 4.78 is 27.1. The lowest BCUT2D eigenvalue weighted by molar-refractivity contribution is -0.150. The summed E-state index contributed by atoms with van der Waals surface area (Å²) in [6, 6.07) is 3.21. The van der Waals surface area contributed by atoms with Crippen molar-refractivity contribution in [2.24, 2.45) is 11.8 Å². The molecule has 130 valence electrons. The van der Waals surface area contributed by atoms with Crippen molar-refractivity contribution in [3.63, 3.8) is 0 Å². The second-order valence-electron chi connectivity index (χ2n) is 7.17. The molecule has 2 saturated carbocycles. The molecule has 2 atom stereocenters. The van der Waals surface area contributed by atoms with Crippen LogP contribution in [0.1, 0.15) is 50.5 Å². The number of benzene rings is 1. The zero-order chi connectivity index (χ0) is 17.5. The molecule has 0 aliphatic heterocycles. The second-order valence-corrected chi connectivity index (χ2v) is 7.17. The van der Waals surface area contributed by atoms with Crippen molar-refractivity contribution in [1.82, 2.24) is 5.32 Å². The standard InChI is InChI=1S/C18H21F2NO3/c1-10-4-6-18(7-5-10,17(23)24)21-16(22)14-9-12(14)13-8-11(19)2-3-15(13)20/h2-3,8,10,12,14H,4-7,9H2,1H3,(H,21,22)(H,23,24). The summed E-state index contributed by atoms with van der Waals surface area (Å²) in [5.74, 6) is -2.88. The summed E-state index contributed by atoms with van der Waals surface area (Å²) in [5.41, 5.74) is -1.03. The number of aliphatic carboxylic acids is 1. The van der Waals surface area contributed by atoms with Crippen LogP contribution in [0.15, 0.2) is 18.2 Å². The molecule has 24 heavy (non-hydrogen) atoms. The molecule has 1 aromatic carbocycles. The molecule has 4 nitrogen and oxygen atoms in total. The largest absolute Gasteiger partial charge is 0.480 e. The van der Waals surface area contributed by atoms with Crippen molar-refractivity contribution in [2.75, 3.05) is 0 Å². The van der Waals surface area contributed by atoms with Gasteiger partial charge in [0.1, 0.15) is 17.2 Å². The SMILES string of the molecule is CC1CCC(NC(=O)C2CC2c2cc(F)ccc2F)(C(=O)O)CC1. The lowest BCUT2D eigenvalue weighted by atomic mass is 9.77. The van der Waals surface area contributed by atoms with Gasteiger partial charge in [0, 0.05) is 5.92 Å². The fraction of sp³-hybridized carbons (Fsp3) is 0.556. The van der Waals surface area contributed by atoms with E-state index in [0.29, 0.717) is 25.2 Å². The van der Waals surface area contributed by atoms with Crippen LogP contribution in [-0.2, 0) is 9.59 Å². The number of halogens is 2. The second kappa shape index (κ2) is 6.15. The van der Waals surface area contributed by atoms with Gasteiger partial charge in [0.15, 0.2) is 0 Å². The Bertz CT molecular complexity index is 668. The molecular weight excluding hydrogens is 316 g/mol. The first-order chi connectivity index (χ1) is 11.3. The molecule has 1 amide bonds. The molecule has 3 rings (SSSR count). The van der Waals surface area contributed by atoms with Gasteiger partial charge in [-0.05, 0) is 67.7 Å². The highest BCUT2D eigenvalue weighted by atomic mass is 19.1. The van der Waals surface area contributed by atoms with Crippen molar-refractivity contribution in [2.45, 2.75) is 50.5 Å². The summed E-state index contributed by atoms with van der Waals surface area (Å²) in [6.45, 7) is 2.07. The number of carbonyl (C=O) groups is 2. The maximum atomic E-state index is 13.8. The smallest absolute Gasteiger partial charge is 0.329 e. The average Bonchev–Trinajstić information content (AvgIpc) is 3.32. The van der Waals surface area contributed by atoms with E-state index < -0.39 is 29.1 Å². The average molecular weight is 337 g/mol. The van der Waals surface area contributed by atoms with Gasteiger partial charge >= 0.3 is 5.97 Å². The third-order valence-electron chi connectivity index (χ3n) is 5.38. The van der Waals surface area contributed by atoms with E-state index in [4.69, 9.17) is 0 Å². The molecule has 0 spiro atoms. The summed E-state index contributed by atoms with van der Waals surface area (Å²) in [7, 11) is 0. The minimum atomic E-state index is -1.22. The van der Waals surface area contributed by atoms with Crippen molar-refractivity contribution < 1.29 is 23.5 Å². The third kappa shape index (κ3) is 3.14. The molecule has 1 aromatic rings. The Morgan fingerprint density at radius 3 is 2.54 bits per heavy atom. The first-order valence-corrected chi connectivity index (χ1v) is 8.33. The number of rotatable bonds is 4. The maximum absolute atomic E-state index is 13.8. The van der Waals surface area contributed by atoms with E-state index >= 15 is 0 Å². The van der Waals surface area contributed by atoms with Gasteiger partial charge in [0.2, 0.25) is 5.91 Å². The van der Waals surface area contributed by atoms with Crippen LogP contribution in [0.3, 0.4) is 0 Å². The molecular formula is C18H21F2NO3. The number of hydrogen-bond donors (Lipinski definition) is 2. The summed E-state index contributed by atoms with van der Waals surface area (Å²) in [4.78, 5) is 24.1. The third-order valence-corrected chi connectivity index (χ3v) is 5.38. The first-order valence-electron chi connectivity index (χ1n) is 8.33. The van der Waals surface area contributed by atoms with Crippen LogP contribution in [0, 0.1) is 23.5 Å². The predicted octanol–water partition coefficient (Wildman–Crippen LogP) is 3.22. The van der Waals surface area contributed by atoms with Gasteiger partial charge in [-0.3, -0.25) is 4.79 Å². The predicted molar refractivity (Wildman–Crippen MR) is 83.3 cm³/mol. The molecule has 2 unspecified atom stereocenters. The lowest BCUT2D eigenvalue weighted by Crippen LogP contribution is -2.56. The maximum Gasteiger partial charge on any atom is 0.329 e. The Kier molecular flexibility index (Phi) is 4.32. The number of carboxylic acid groups (broad SMARTS) is 1. The van der Waals surface area contributed by atoms with Crippen LogP contribution in [0.4, 0.5) is 8.78 Å². The fourth-order valence-electron chi connectivity index (χ4n) is 3.60. The number of nitrogens with one attached hydrogen (secondary N) is 1. The highest BCUT2D eigenvalue weighted by molar-refractivity contribution is 5.90. The summed E-state index contributed by atoms with van der Waals surface area (Å²) >= 11 is 0. The highest BCUT2D eigenvalue weighted by Crippen LogP contribution is 2.49. The quantitative estimate of drug-likeness (QED) is 0.886. The van der Waals surface area contributed by atoms with Crippen LogP contribution in [0.25, 0.3) is 0 Å². The van der Waals surface area contributed by atoms with Crippen LogP contribution >= 0.6 is 0 Å². The van der Waals surface area contributed by atoms with Gasteiger partial charge in [-0.2, -0.15) is 0 Å². The topological polar surface area (TPSA) is 66.4 Å². The zero-order valence-electron chi connectivity index (χ0n) is 13.5.